The molecule has 0 bridgehead atoms. The van der Waals surface area contributed by atoms with E-state index in [1.165, 1.54) is 6.07 Å². The van der Waals surface area contributed by atoms with Gasteiger partial charge in [0.1, 0.15) is 4.90 Å². The maximum Gasteiger partial charge on any atom is 0.251 e. The van der Waals surface area contributed by atoms with E-state index in [-0.39, 0.29) is 27.4 Å². The Kier molecular flexibility index (Phi) is 4.09. The Hall–Kier alpha value is -1.11. The number of halogens is 1. The van der Waals surface area contributed by atoms with Gasteiger partial charge < -0.3 is 5.32 Å². The van der Waals surface area contributed by atoms with Crippen LogP contribution in [0.4, 0.5) is 0 Å². The number of aryl methyl sites for hydroxylation is 1. The predicted octanol–water partition coefficient (Wildman–Crippen LogP) is 1.82. The number of rotatable bonds is 4. The molecule has 0 radical (unpaired) electrons. The summed E-state index contributed by atoms with van der Waals surface area (Å²) in [4.78, 5) is 11.9. The summed E-state index contributed by atoms with van der Waals surface area (Å²) in [5.41, 5.74) is 0.755. The third-order valence-corrected chi connectivity index (χ3v) is 5.03. The first kappa shape index (κ1) is 15.3. The molecular formula is C13H17ClN2O3S. The van der Waals surface area contributed by atoms with Crippen LogP contribution in [0.25, 0.3) is 0 Å². The maximum absolute atomic E-state index is 12.1. The Morgan fingerprint density at radius 1 is 1.45 bits per heavy atom. The second kappa shape index (κ2) is 5.35. The summed E-state index contributed by atoms with van der Waals surface area (Å²) in [6, 6.07) is 2.86. The fourth-order valence-corrected chi connectivity index (χ4v) is 3.21. The SMILES string of the molecule is Cc1cc(C(=O)NC(C)C2CC2)cc(S(N)(=O)=O)c1Cl. The molecular weight excluding hydrogens is 300 g/mol. The lowest BCUT2D eigenvalue weighted by Crippen LogP contribution is -2.34. The number of primary sulfonamides is 1. The van der Waals surface area contributed by atoms with Gasteiger partial charge in [-0.25, -0.2) is 13.6 Å². The second-order valence-electron chi connectivity index (χ2n) is 5.25. The summed E-state index contributed by atoms with van der Waals surface area (Å²) >= 11 is 5.93. The Morgan fingerprint density at radius 3 is 2.55 bits per heavy atom. The van der Waals surface area contributed by atoms with Crippen molar-refractivity contribution in [1.29, 1.82) is 0 Å². The van der Waals surface area contributed by atoms with Crippen molar-refractivity contribution < 1.29 is 13.2 Å². The Bertz CT molecular complexity index is 654. The molecule has 110 valence electrons. The molecule has 2 rings (SSSR count). The van der Waals surface area contributed by atoms with Crippen LogP contribution in [0.2, 0.25) is 5.02 Å². The predicted molar refractivity (Wildman–Crippen MR) is 77.2 cm³/mol. The first-order valence-electron chi connectivity index (χ1n) is 6.34. The largest absolute Gasteiger partial charge is 0.349 e. The van der Waals surface area contributed by atoms with Gasteiger partial charge in [0.05, 0.1) is 5.02 Å². The van der Waals surface area contributed by atoms with Gasteiger partial charge in [0, 0.05) is 11.6 Å². The zero-order chi connectivity index (χ0) is 15.1. The second-order valence-corrected chi connectivity index (χ2v) is 7.16. The maximum atomic E-state index is 12.1. The highest BCUT2D eigenvalue weighted by atomic mass is 35.5. The normalized spacial score (nSPS) is 16.8. The minimum absolute atomic E-state index is 0.0549. The minimum atomic E-state index is -3.96. The van der Waals surface area contributed by atoms with Gasteiger partial charge in [-0.15, -0.1) is 0 Å². The smallest absolute Gasteiger partial charge is 0.251 e. The summed E-state index contributed by atoms with van der Waals surface area (Å²) in [5.74, 6) is 0.208. The van der Waals surface area contributed by atoms with Crippen LogP contribution in [0.1, 0.15) is 35.7 Å². The van der Waals surface area contributed by atoms with Crippen molar-refractivity contribution >= 4 is 27.5 Å². The molecule has 1 aliphatic rings. The number of nitrogens with one attached hydrogen (secondary N) is 1. The van der Waals surface area contributed by atoms with Crippen molar-refractivity contribution in [3.63, 3.8) is 0 Å². The van der Waals surface area contributed by atoms with Gasteiger partial charge in [-0.1, -0.05) is 11.6 Å². The number of nitrogens with two attached hydrogens (primary N) is 1. The summed E-state index contributed by atoms with van der Waals surface area (Å²) < 4.78 is 23.0. The quantitative estimate of drug-likeness (QED) is 0.888. The van der Waals surface area contributed by atoms with Crippen LogP contribution < -0.4 is 10.5 Å². The third kappa shape index (κ3) is 3.31. The lowest BCUT2D eigenvalue weighted by Gasteiger charge is -2.14. The van der Waals surface area contributed by atoms with E-state index in [0.717, 1.165) is 12.8 Å². The lowest BCUT2D eigenvalue weighted by atomic mass is 10.1. The average molecular weight is 317 g/mol. The van der Waals surface area contributed by atoms with E-state index in [1.807, 2.05) is 6.92 Å². The van der Waals surface area contributed by atoms with Crippen molar-refractivity contribution in [2.45, 2.75) is 37.6 Å². The zero-order valence-electron chi connectivity index (χ0n) is 11.3. The number of sulfonamides is 1. The molecule has 20 heavy (non-hydrogen) atoms. The standard InChI is InChI=1S/C13H17ClN2O3S/c1-7-5-10(6-11(12(7)14)20(15,18)19)13(17)16-8(2)9-3-4-9/h5-6,8-9H,3-4H2,1-2H3,(H,16,17)(H2,15,18,19). The molecule has 1 aromatic rings. The van der Waals surface area contributed by atoms with Crippen molar-refractivity contribution in [3.05, 3.63) is 28.3 Å². The summed E-state index contributed by atoms with van der Waals surface area (Å²) in [5, 5.41) is 8.03. The lowest BCUT2D eigenvalue weighted by molar-refractivity contribution is 0.0935. The zero-order valence-corrected chi connectivity index (χ0v) is 12.9. The van der Waals surface area contributed by atoms with Crippen LogP contribution in [0.15, 0.2) is 17.0 Å². The molecule has 0 aromatic heterocycles. The number of hydrogen-bond donors (Lipinski definition) is 2. The molecule has 1 aliphatic carbocycles. The molecule has 1 amide bonds. The van der Waals surface area contributed by atoms with Gasteiger partial charge in [0.15, 0.2) is 0 Å². The number of carbonyl (C=O) groups is 1. The van der Waals surface area contributed by atoms with E-state index in [4.69, 9.17) is 16.7 Å². The topological polar surface area (TPSA) is 89.3 Å². The van der Waals surface area contributed by atoms with Crippen LogP contribution in [0.5, 0.6) is 0 Å². The Labute approximate surface area is 123 Å². The van der Waals surface area contributed by atoms with E-state index in [1.54, 1.807) is 13.0 Å². The fourth-order valence-electron chi connectivity index (χ4n) is 2.08. The Balaban J connectivity index is 2.32. The number of carbonyl (C=O) groups excluding carboxylic acids is 1. The highest BCUT2D eigenvalue weighted by Crippen LogP contribution is 2.32. The van der Waals surface area contributed by atoms with E-state index in [0.29, 0.717) is 11.5 Å². The first-order chi connectivity index (χ1) is 9.20. The first-order valence-corrected chi connectivity index (χ1v) is 8.26. The molecule has 1 fully saturated rings. The van der Waals surface area contributed by atoms with Crippen LogP contribution in [-0.4, -0.2) is 20.4 Å². The van der Waals surface area contributed by atoms with Gasteiger partial charge in [0.2, 0.25) is 10.0 Å². The van der Waals surface area contributed by atoms with E-state index in [2.05, 4.69) is 5.32 Å². The van der Waals surface area contributed by atoms with Crippen LogP contribution in [0.3, 0.4) is 0 Å². The van der Waals surface area contributed by atoms with Crippen LogP contribution in [-0.2, 0) is 10.0 Å². The minimum Gasteiger partial charge on any atom is -0.349 e. The summed E-state index contributed by atoms with van der Waals surface area (Å²) in [6.45, 7) is 3.58. The van der Waals surface area contributed by atoms with Crippen molar-refractivity contribution in [2.75, 3.05) is 0 Å². The fraction of sp³-hybridized carbons (Fsp3) is 0.462. The molecule has 1 atom stereocenters. The average Bonchev–Trinajstić information content (AvgIpc) is 3.14. The molecule has 1 unspecified atom stereocenters. The van der Waals surface area contributed by atoms with Gasteiger partial charge in [-0.05, 0) is 50.3 Å². The number of amides is 1. The molecule has 3 N–H and O–H groups in total. The van der Waals surface area contributed by atoms with Gasteiger partial charge in [0.25, 0.3) is 5.91 Å². The van der Waals surface area contributed by atoms with E-state index < -0.39 is 10.0 Å². The third-order valence-electron chi connectivity index (χ3n) is 3.48. The summed E-state index contributed by atoms with van der Waals surface area (Å²) in [6.07, 6.45) is 2.23. The molecule has 5 nitrogen and oxygen atoms in total. The molecule has 0 aliphatic heterocycles. The number of hydrogen-bond acceptors (Lipinski definition) is 3. The Morgan fingerprint density at radius 2 is 2.05 bits per heavy atom. The van der Waals surface area contributed by atoms with Gasteiger partial charge in [-0.2, -0.15) is 0 Å². The van der Waals surface area contributed by atoms with Crippen LogP contribution >= 0.6 is 11.6 Å². The highest BCUT2D eigenvalue weighted by Gasteiger charge is 2.29. The monoisotopic (exact) mass is 316 g/mol. The molecule has 0 saturated heterocycles. The molecule has 1 aromatic carbocycles. The van der Waals surface area contributed by atoms with Gasteiger partial charge in [-0.3, -0.25) is 4.79 Å². The molecule has 0 heterocycles. The molecule has 0 spiro atoms. The highest BCUT2D eigenvalue weighted by molar-refractivity contribution is 7.89. The van der Waals surface area contributed by atoms with Crippen LogP contribution in [0, 0.1) is 12.8 Å². The van der Waals surface area contributed by atoms with Gasteiger partial charge >= 0.3 is 0 Å². The van der Waals surface area contributed by atoms with Crippen molar-refractivity contribution in [1.82, 2.24) is 5.32 Å². The molecule has 7 heteroatoms. The summed E-state index contributed by atoms with van der Waals surface area (Å²) in [7, 11) is -3.96. The van der Waals surface area contributed by atoms with Crippen molar-refractivity contribution in [3.8, 4) is 0 Å². The molecule has 1 saturated carbocycles. The van der Waals surface area contributed by atoms with E-state index in [9.17, 15) is 13.2 Å². The van der Waals surface area contributed by atoms with E-state index >= 15 is 0 Å². The van der Waals surface area contributed by atoms with Crippen molar-refractivity contribution in [2.24, 2.45) is 11.1 Å². The number of benzene rings is 1.